The minimum Gasteiger partial charge on any atom is -0.463 e. The number of ether oxygens (including phenoxy) is 3. The molecule has 0 aliphatic carbocycles. The quantitative estimate of drug-likeness (QED) is 0.480. The van der Waals surface area contributed by atoms with Crippen molar-refractivity contribution in [2.24, 2.45) is 0 Å². The molecule has 0 bridgehead atoms. The predicted octanol–water partition coefficient (Wildman–Crippen LogP) is 1.29. The fourth-order valence-electron chi connectivity index (χ4n) is 2.49. The van der Waals surface area contributed by atoms with Crippen LogP contribution in [0.25, 0.3) is 5.03 Å². The van der Waals surface area contributed by atoms with Crippen molar-refractivity contribution in [2.75, 3.05) is 6.61 Å². The highest BCUT2D eigenvalue weighted by molar-refractivity contribution is 14.1. The summed E-state index contributed by atoms with van der Waals surface area (Å²) in [6, 6.07) is 0. The number of nitrogens with zero attached hydrogens (tertiary/aromatic N) is 1. The number of aromatic nitrogens is 2. The lowest BCUT2D eigenvalue weighted by Crippen LogP contribution is -2.34. The van der Waals surface area contributed by atoms with E-state index < -0.39 is 41.6 Å². The summed E-state index contributed by atoms with van der Waals surface area (Å²) in [7, 11) is 0. The van der Waals surface area contributed by atoms with Crippen LogP contribution in [0.1, 0.15) is 32.1 Å². The molecule has 1 aromatic heterocycles. The molecule has 1 fully saturated rings. The second-order valence-electron chi connectivity index (χ2n) is 5.48. The van der Waals surface area contributed by atoms with Gasteiger partial charge >= 0.3 is 17.6 Å². The second kappa shape index (κ2) is 8.82. The van der Waals surface area contributed by atoms with E-state index in [0.29, 0.717) is 0 Å². The fourth-order valence-corrected chi connectivity index (χ4v) is 2.96. The smallest absolute Gasteiger partial charge is 0.330 e. The number of rotatable bonds is 5. The number of carbonyl (C=O) groups is 2. The fraction of sp³-hybridized carbons (Fsp3) is 0.467. The Balaban J connectivity index is 2.33. The van der Waals surface area contributed by atoms with Gasteiger partial charge in [-0.25, -0.2) is 4.79 Å². The molecular weight excluding hydrogens is 483 g/mol. The largest absolute Gasteiger partial charge is 0.463 e. The average molecular weight is 499 g/mol. The van der Waals surface area contributed by atoms with Crippen LogP contribution >= 0.6 is 34.2 Å². The Morgan fingerprint density at radius 3 is 2.69 bits per heavy atom. The van der Waals surface area contributed by atoms with Crippen molar-refractivity contribution in [2.45, 2.75) is 38.7 Å². The Morgan fingerprint density at radius 2 is 2.12 bits per heavy atom. The van der Waals surface area contributed by atoms with Crippen LogP contribution in [-0.4, -0.2) is 40.3 Å². The summed E-state index contributed by atoms with van der Waals surface area (Å²) in [5.41, 5.74) is -1.23. The molecule has 0 spiro atoms. The maximum Gasteiger partial charge on any atom is 0.330 e. The van der Waals surface area contributed by atoms with E-state index in [1.807, 2.05) is 22.6 Å². The molecule has 1 saturated heterocycles. The van der Waals surface area contributed by atoms with E-state index in [9.17, 15) is 19.2 Å². The summed E-state index contributed by atoms with van der Waals surface area (Å²) >= 11 is 7.86. The van der Waals surface area contributed by atoms with Gasteiger partial charge in [0.2, 0.25) is 0 Å². The van der Waals surface area contributed by atoms with Crippen LogP contribution < -0.4 is 11.2 Å². The second-order valence-corrected chi connectivity index (χ2v) is 6.51. The number of aromatic amines is 1. The molecule has 9 nitrogen and oxygen atoms in total. The van der Waals surface area contributed by atoms with Crippen LogP contribution in [0.2, 0.25) is 0 Å². The highest BCUT2D eigenvalue weighted by atomic mass is 127. The summed E-state index contributed by atoms with van der Waals surface area (Å²) in [5, 5.41) is 0.159. The molecule has 2 heterocycles. The lowest BCUT2D eigenvalue weighted by Gasteiger charge is -2.17. The van der Waals surface area contributed by atoms with E-state index in [-0.39, 0.29) is 23.6 Å². The molecule has 26 heavy (non-hydrogen) atoms. The lowest BCUT2D eigenvalue weighted by atomic mass is 10.2. The van der Waals surface area contributed by atoms with Gasteiger partial charge in [0.25, 0.3) is 5.56 Å². The van der Waals surface area contributed by atoms with Crippen molar-refractivity contribution in [1.29, 1.82) is 0 Å². The minimum atomic E-state index is -0.832. The van der Waals surface area contributed by atoms with Gasteiger partial charge in [0.15, 0.2) is 0 Å². The molecule has 142 valence electrons. The van der Waals surface area contributed by atoms with Gasteiger partial charge in [-0.15, -0.1) is 0 Å². The van der Waals surface area contributed by atoms with E-state index in [4.69, 9.17) is 25.8 Å². The minimum absolute atomic E-state index is 0.0942. The normalized spacial score (nSPS) is 22.9. The molecule has 0 unspecified atom stereocenters. The first-order chi connectivity index (χ1) is 12.2. The summed E-state index contributed by atoms with van der Waals surface area (Å²) in [4.78, 5) is 48.5. The third-order valence-corrected chi connectivity index (χ3v) is 4.88. The molecule has 1 N–H and O–H groups in total. The van der Waals surface area contributed by atoms with Crippen LogP contribution in [0.3, 0.4) is 0 Å². The van der Waals surface area contributed by atoms with Crippen molar-refractivity contribution in [1.82, 2.24) is 9.55 Å². The molecule has 0 radical (unpaired) electrons. The standard InChI is InChI=1S/C15H16ClIN2O7/c1-7(20)24-6-12-11(25-8(2)21)3-13(26-12)19-5-9(10(16)4-17)14(22)18-15(19)23/h4-5,11-13H,3,6H2,1-2H3,(H,18,22,23)/t11-,12+,13+/m0/s1. The number of hydrogen-bond acceptors (Lipinski definition) is 7. The maximum atomic E-state index is 12.2. The Labute approximate surface area is 166 Å². The number of esters is 2. The van der Waals surface area contributed by atoms with Crippen molar-refractivity contribution in [3.05, 3.63) is 36.7 Å². The molecule has 2 rings (SSSR count). The maximum absolute atomic E-state index is 12.2. The number of carbonyl (C=O) groups excluding carboxylic acids is 2. The van der Waals surface area contributed by atoms with Crippen LogP contribution in [0, 0.1) is 0 Å². The summed E-state index contributed by atoms with van der Waals surface area (Å²) in [6.07, 6.45) is -0.868. The van der Waals surface area contributed by atoms with Gasteiger partial charge in [-0.3, -0.25) is 23.9 Å². The molecule has 0 saturated carbocycles. The van der Waals surface area contributed by atoms with Crippen molar-refractivity contribution in [3.63, 3.8) is 0 Å². The van der Waals surface area contributed by atoms with Crippen molar-refractivity contribution in [3.8, 4) is 0 Å². The monoisotopic (exact) mass is 498 g/mol. The zero-order valence-corrected chi connectivity index (χ0v) is 16.8. The number of halogens is 2. The number of hydrogen-bond donors (Lipinski definition) is 1. The third-order valence-electron chi connectivity index (χ3n) is 3.58. The van der Waals surface area contributed by atoms with E-state index in [0.717, 1.165) is 4.57 Å². The number of nitrogens with one attached hydrogen (secondary N) is 1. The lowest BCUT2D eigenvalue weighted by molar-refractivity contribution is -0.155. The van der Waals surface area contributed by atoms with Gasteiger partial charge in [0.05, 0.1) is 10.6 Å². The first-order valence-corrected chi connectivity index (χ1v) is 9.13. The van der Waals surface area contributed by atoms with Crippen LogP contribution in [0.15, 0.2) is 19.9 Å². The van der Waals surface area contributed by atoms with Crippen LogP contribution in [0.4, 0.5) is 0 Å². The molecule has 1 aliphatic rings. The first-order valence-electron chi connectivity index (χ1n) is 7.50. The van der Waals surface area contributed by atoms with Crippen LogP contribution in [-0.2, 0) is 23.8 Å². The van der Waals surface area contributed by atoms with Gasteiger partial charge in [-0.1, -0.05) is 34.2 Å². The zero-order chi connectivity index (χ0) is 19.4. The van der Waals surface area contributed by atoms with Gasteiger partial charge in [-0.2, -0.15) is 0 Å². The number of H-pyrrole nitrogens is 1. The summed E-state index contributed by atoms with van der Waals surface area (Å²) in [6.45, 7) is 2.35. The predicted molar refractivity (Wildman–Crippen MR) is 99.9 cm³/mol. The third kappa shape index (κ3) is 4.95. The van der Waals surface area contributed by atoms with Crippen molar-refractivity contribution < 1.29 is 23.8 Å². The summed E-state index contributed by atoms with van der Waals surface area (Å²) in [5.74, 6) is -1.04. The topological polar surface area (TPSA) is 117 Å². The van der Waals surface area contributed by atoms with Crippen molar-refractivity contribution >= 4 is 51.2 Å². The molecule has 1 aliphatic heterocycles. The van der Waals surface area contributed by atoms with Gasteiger partial charge in [-0.05, 0) is 4.08 Å². The highest BCUT2D eigenvalue weighted by Crippen LogP contribution is 2.30. The molecule has 11 heteroatoms. The summed E-state index contributed by atoms with van der Waals surface area (Å²) < 4.78 is 18.5. The Hall–Kier alpha value is -1.66. The van der Waals surface area contributed by atoms with Gasteiger partial charge in [0.1, 0.15) is 25.0 Å². The average Bonchev–Trinajstić information content (AvgIpc) is 2.94. The van der Waals surface area contributed by atoms with Gasteiger partial charge < -0.3 is 14.2 Å². The van der Waals surface area contributed by atoms with Gasteiger partial charge in [0, 0.05) is 26.5 Å². The highest BCUT2D eigenvalue weighted by Gasteiger charge is 2.39. The Morgan fingerprint density at radius 1 is 1.42 bits per heavy atom. The molecule has 1 aromatic rings. The molecule has 0 aromatic carbocycles. The first kappa shape index (κ1) is 20.6. The van der Waals surface area contributed by atoms with E-state index in [1.54, 1.807) is 0 Å². The SMILES string of the molecule is CC(=O)OC[C@H]1O[C@@H](n2cc(C(Cl)=CI)c(=O)[nH]c2=O)C[C@@H]1OC(C)=O. The van der Waals surface area contributed by atoms with E-state index >= 15 is 0 Å². The van der Waals surface area contributed by atoms with E-state index in [2.05, 4.69) is 4.98 Å². The zero-order valence-electron chi connectivity index (χ0n) is 13.9. The Bertz CT molecular complexity index is 847. The molecular formula is C15H16ClIN2O7. The Kier molecular flexibility index (Phi) is 7.01. The van der Waals surface area contributed by atoms with Crippen LogP contribution in [0.5, 0.6) is 0 Å². The van der Waals surface area contributed by atoms with E-state index in [1.165, 1.54) is 24.1 Å². The molecule has 0 amide bonds. The molecule has 3 atom stereocenters.